The van der Waals surface area contributed by atoms with Crippen LogP contribution in [0.5, 0.6) is 0 Å². The molecule has 1 aliphatic heterocycles. The molecular weight excluding hydrogens is 169 g/mol. The van der Waals surface area contributed by atoms with Gasteiger partial charge >= 0.3 is 29.6 Å². The molecule has 1 rings (SSSR count). The van der Waals surface area contributed by atoms with Crippen LogP contribution in [-0.4, -0.2) is 29.3 Å². The van der Waals surface area contributed by atoms with Crippen LogP contribution < -0.4 is 34.9 Å². The first-order chi connectivity index (χ1) is 5.16. The van der Waals surface area contributed by atoms with E-state index in [2.05, 4.69) is 5.32 Å². The molecule has 0 bridgehead atoms. The zero-order valence-corrected chi connectivity index (χ0v) is 9.00. The summed E-state index contributed by atoms with van der Waals surface area (Å²) in [4.78, 5) is 22.2. The molecule has 6 heteroatoms. The van der Waals surface area contributed by atoms with Gasteiger partial charge in [0.1, 0.15) is 6.04 Å². The summed E-state index contributed by atoms with van der Waals surface area (Å²) in [5.74, 6) is -0.658. The minimum absolute atomic E-state index is 0. The smallest absolute Gasteiger partial charge is 1.00 e. The first kappa shape index (κ1) is 11.4. The van der Waals surface area contributed by atoms with E-state index in [-0.39, 0.29) is 36.9 Å². The molecule has 12 heavy (non-hydrogen) atoms. The largest absolute Gasteiger partial charge is 1.00 e. The Hall–Kier alpha value is -0.570. The van der Waals surface area contributed by atoms with Gasteiger partial charge in [-0.15, -0.1) is 0 Å². The van der Waals surface area contributed by atoms with E-state index in [4.69, 9.17) is 5.26 Å². The number of hydrogen-bond acceptors (Lipinski definition) is 3. The van der Waals surface area contributed by atoms with Gasteiger partial charge in [-0.2, -0.15) is 5.26 Å². The maximum absolute atomic E-state index is 10.7. The number of hydrogen-bond donors (Lipinski definition) is 1. The molecule has 1 unspecified atom stereocenters. The first-order valence-electron chi connectivity index (χ1n) is 3.14. The fourth-order valence-electron chi connectivity index (χ4n) is 0.845. The van der Waals surface area contributed by atoms with Gasteiger partial charge in [-0.3, -0.25) is 9.59 Å². The third-order valence-corrected chi connectivity index (χ3v) is 1.53. The van der Waals surface area contributed by atoms with Crippen molar-refractivity contribution in [1.29, 1.82) is 5.26 Å². The van der Waals surface area contributed by atoms with Crippen LogP contribution in [0.1, 0.15) is 8.35 Å². The van der Waals surface area contributed by atoms with Crippen molar-refractivity contribution in [2.45, 2.75) is 13.0 Å². The average molecular weight is 177 g/mol. The minimum atomic E-state index is -0.572. The summed E-state index contributed by atoms with van der Waals surface area (Å²) in [7, 11) is 0. The summed E-state index contributed by atoms with van der Waals surface area (Å²) >= 11 is 0. The van der Waals surface area contributed by atoms with Gasteiger partial charge in [-0.25, -0.2) is 4.90 Å². The molecule has 1 saturated heterocycles. The molecule has 60 valence electrons. The topological polar surface area (TPSA) is 73.2 Å². The standard InChI is InChI=1S/C6H7N3O2.Na.H/c1-4(10)9(3-7)5-2-8-6(5)11;;/h5H,2H2,1H3,(H,8,11);;/q;+1;-1. The Morgan fingerprint density at radius 3 is 2.58 bits per heavy atom. The summed E-state index contributed by atoms with van der Waals surface area (Å²) in [5, 5.41) is 10.9. The summed E-state index contributed by atoms with van der Waals surface area (Å²) in [6, 6.07) is -0.572. The second-order valence-electron chi connectivity index (χ2n) is 2.25. The molecule has 1 heterocycles. The molecule has 1 atom stereocenters. The molecule has 5 nitrogen and oxygen atoms in total. The quantitative estimate of drug-likeness (QED) is 0.192. The van der Waals surface area contributed by atoms with Crippen LogP contribution in [0.4, 0.5) is 0 Å². The van der Waals surface area contributed by atoms with E-state index in [0.29, 0.717) is 6.54 Å². The average Bonchev–Trinajstić information content (AvgIpc) is 1.96. The van der Waals surface area contributed by atoms with Gasteiger partial charge in [0, 0.05) is 13.5 Å². The summed E-state index contributed by atoms with van der Waals surface area (Å²) in [6.07, 6.45) is 1.66. The van der Waals surface area contributed by atoms with E-state index in [9.17, 15) is 9.59 Å². The molecular formula is C6H8N3NaO2. The molecule has 2 amide bonds. The zero-order valence-electron chi connectivity index (χ0n) is 8.00. The number of nitrogens with zero attached hydrogens (tertiary/aromatic N) is 2. The van der Waals surface area contributed by atoms with Gasteiger partial charge < -0.3 is 6.74 Å². The van der Waals surface area contributed by atoms with Crippen LogP contribution in [0.3, 0.4) is 0 Å². The number of nitrogens with one attached hydrogen (secondary N) is 1. The second kappa shape index (κ2) is 4.45. The molecule has 0 aliphatic carbocycles. The van der Waals surface area contributed by atoms with Crippen LogP contribution in [0.15, 0.2) is 0 Å². The normalized spacial score (nSPS) is 19.3. The molecule has 0 aromatic heterocycles. The maximum atomic E-state index is 10.7. The summed E-state index contributed by atoms with van der Waals surface area (Å²) < 4.78 is 0. The van der Waals surface area contributed by atoms with Crippen molar-refractivity contribution in [3.63, 3.8) is 0 Å². The van der Waals surface area contributed by atoms with Crippen molar-refractivity contribution in [2.24, 2.45) is 0 Å². The number of nitriles is 1. The van der Waals surface area contributed by atoms with Crippen LogP contribution in [0.2, 0.25) is 0 Å². The molecule has 1 aliphatic rings. The van der Waals surface area contributed by atoms with E-state index in [1.807, 2.05) is 0 Å². The summed E-state index contributed by atoms with van der Waals surface area (Å²) in [6.45, 7) is 1.64. The van der Waals surface area contributed by atoms with Crippen molar-refractivity contribution in [3.05, 3.63) is 0 Å². The Morgan fingerprint density at radius 2 is 2.50 bits per heavy atom. The molecule has 0 spiro atoms. The van der Waals surface area contributed by atoms with Crippen LogP contribution >= 0.6 is 0 Å². The Balaban J connectivity index is 0. The third kappa shape index (κ3) is 1.97. The minimum Gasteiger partial charge on any atom is -1.00 e. The molecule has 0 radical (unpaired) electrons. The second-order valence-corrected chi connectivity index (χ2v) is 2.25. The summed E-state index contributed by atoms with van der Waals surface area (Å²) in [5.41, 5.74) is 0. The molecule has 0 aromatic carbocycles. The van der Waals surface area contributed by atoms with Gasteiger partial charge in [0.15, 0.2) is 6.19 Å². The monoisotopic (exact) mass is 177 g/mol. The Labute approximate surface area is 93.5 Å². The van der Waals surface area contributed by atoms with Crippen molar-refractivity contribution in [3.8, 4) is 6.19 Å². The predicted octanol–water partition coefficient (Wildman–Crippen LogP) is -4.07. The van der Waals surface area contributed by atoms with Crippen molar-refractivity contribution < 1.29 is 40.6 Å². The fraction of sp³-hybridized carbons (Fsp3) is 0.500. The van der Waals surface area contributed by atoms with Gasteiger partial charge in [0.25, 0.3) is 0 Å². The number of rotatable bonds is 1. The number of carbonyl (C=O) groups excluding carboxylic acids is 2. The predicted molar refractivity (Wildman–Crippen MR) is 36.0 cm³/mol. The van der Waals surface area contributed by atoms with E-state index in [0.717, 1.165) is 4.90 Å². The third-order valence-electron chi connectivity index (χ3n) is 1.53. The molecule has 1 N–H and O–H groups in total. The van der Waals surface area contributed by atoms with E-state index in [1.54, 1.807) is 6.19 Å². The van der Waals surface area contributed by atoms with Crippen molar-refractivity contribution in [2.75, 3.05) is 6.54 Å². The van der Waals surface area contributed by atoms with E-state index < -0.39 is 11.9 Å². The van der Waals surface area contributed by atoms with Crippen LogP contribution in [-0.2, 0) is 9.59 Å². The maximum Gasteiger partial charge on any atom is 1.00 e. The Bertz CT molecular complexity index is 253. The Morgan fingerprint density at radius 1 is 1.92 bits per heavy atom. The van der Waals surface area contributed by atoms with Gasteiger partial charge in [-0.1, -0.05) is 0 Å². The van der Waals surface area contributed by atoms with Crippen LogP contribution in [0.25, 0.3) is 0 Å². The van der Waals surface area contributed by atoms with Gasteiger partial charge in [-0.05, 0) is 0 Å². The SMILES string of the molecule is CC(=O)N(C#N)C1CNC1=O.[H-].[Na+]. The number of amides is 2. The van der Waals surface area contributed by atoms with Crippen molar-refractivity contribution >= 4 is 11.8 Å². The number of β-lactam (4-membered cyclic amide) rings is 1. The van der Waals surface area contributed by atoms with Gasteiger partial charge in [0.05, 0.1) is 0 Å². The zero-order chi connectivity index (χ0) is 8.43. The first-order valence-corrected chi connectivity index (χ1v) is 3.14. The fourth-order valence-corrected chi connectivity index (χ4v) is 0.845. The molecule has 0 saturated carbocycles. The van der Waals surface area contributed by atoms with Gasteiger partial charge in [0.2, 0.25) is 11.8 Å². The van der Waals surface area contributed by atoms with Crippen molar-refractivity contribution in [1.82, 2.24) is 10.2 Å². The number of carbonyl (C=O) groups is 2. The Kier molecular flexibility index (Phi) is 4.24. The molecule has 0 aromatic rings. The van der Waals surface area contributed by atoms with E-state index >= 15 is 0 Å². The van der Waals surface area contributed by atoms with E-state index in [1.165, 1.54) is 6.92 Å². The molecule has 1 fully saturated rings. The van der Waals surface area contributed by atoms with Crippen LogP contribution in [0, 0.1) is 11.5 Å².